The zero-order valence-electron chi connectivity index (χ0n) is 11.1. The van der Waals surface area contributed by atoms with Crippen LogP contribution in [0.2, 0.25) is 0 Å². The molecule has 5 N–H and O–H groups in total. The van der Waals surface area contributed by atoms with E-state index in [9.17, 15) is 25.1 Å². The molecule has 1 aromatic rings. The van der Waals surface area contributed by atoms with Crippen molar-refractivity contribution in [2.24, 2.45) is 11.7 Å². The molecule has 0 saturated heterocycles. The predicted molar refractivity (Wildman–Crippen MR) is 76.9 cm³/mol. The number of rotatable bonds is 6. The second-order valence-electron chi connectivity index (χ2n) is 5.13. The van der Waals surface area contributed by atoms with Gasteiger partial charge in [-0.3, -0.25) is 14.9 Å². The molecular formula is C12H17N3O5S. The molecule has 0 aliphatic heterocycles. The molecule has 2 rings (SSSR count). The number of thiophene rings is 1. The van der Waals surface area contributed by atoms with Crippen LogP contribution in [0.4, 0.5) is 10.0 Å². The highest BCUT2D eigenvalue weighted by Gasteiger charge is 2.41. The van der Waals surface area contributed by atoms with Gasteiger partial charge in [-0.1, -0.05) is 0 Å². The zero-order valence-corrected chi connectivity index (χ0v) is 12.0. The van der Waals surface area contributed by atoms with Crippen LogP contribution in [-0.4, -0.2) is 39.3 Å². The first-order valence-electron chi connectivity index (χ1n) is 6.53. The predicted octanol–water partition coefficient (Wildman–Crippen LogP) is 0.444. The van der Waals surface area contributed by atoms with Gasteiger partial charge < -0.3 is 21.3 Å². The number of amides is 1. The molecule has 0 spiro atoms. The minimum atomic E-state index is -0.982. The minimum Gasteiger partial charge on any atom is -0.390 e. The molecule has 1 amide bonds. The Labute approximate surface area is 124 Å². The van der Waals surface area contributed by atoms with Crippen molar-refractivity contribution in [1.29, 1.82) is 0 Å². The molecular weight excluding hydrogens is 298 g/mol. The van der Waals surface area contributed by atoms with Gasteiger partial charge in [0.15, 0.2) is 0 Å². The van der Waals surface area contributed by atoms with E-state index in [1.807, 2.05) is 0 Å². The average Bonchev–Trinajstić information content (AvgIpc) is 2.97. The number of aliphatic hydroxyl groups is 2. The van der Waals surface area contributed by atoms with Crippen LogP contribution in [0.15, 0.2) is 12.1 Å². The summed E-state index contributed by atoms with van der Waals surface area (Å²) in [6, 6.07) is 2.55. The maximum absolute atomic E-state index is 10.8. The monoisotopic (exact) mass is 315 g/mol. The van der Waals surface area contributed by atoms with E-state index in [0.717, 1.165) is 11.3 Å². The summed E-state index contributed by atoms with van der Waals surface area (Å²) in [5.41, 5.74) is 5.08. The fourth-order valence-corrected chi connectivity index (χ4v) is 3.35. The number of carbonyl (C=O) groups excluding carboxylic acids is 1. The highest BCUT2D eigenvalue weighted by atomic mass is 32.1. The third-order valence-electron chi connectivity index (χ3n) is 3.66. The first-order chi connectivity index (χ1) is 9.88. The molecule has 1 aliphatic carbocycles. The van der Waals surface area contributed by atoms with Crippen molar-refractivity contribution in [3.63, 3.8) is 0 Å². The number of anilines is 1. The Morgan fingerprint density at radius 3 is 2.76 bits per heavy atom. The fraction of sp³-hybridized carbons (Fsp3) is 0.583. The van der Waals surface area contributed by atoms with Crippen LogP contribution in [0.25, 0.3) is 0 Å². The minimum absolute atomic E-state index is 0.0100. The summed E-state index contributed by atoms with van der Waals surface area (Å²) < 4.78 is 0. The summed E-state index contributed by atoms with van der Waals surface area (Å²) in [5.74, 6) is -0.665. The average molecular weight is 315 g/mol. The third-order valence-corrected chi connectivity index (χ3v) is 4.63. The Bertz CT molecular complexity index is 535. The SMILES string of the molecule is NC(=O)CCC1CC(Nc2ccc([N+](=O)[O-])s2)C(O)C1O. The lowest BCUT2D eigenvalue weighted by Gasteiger charge is -2.17. The standard InChI is InChI=1S/C12H17N3O5S/c13-8(16)2-1-6-5-7(12(18)11(6)17)14-9-3-4-10(21-9)15(19)20/h3-4,6-7,11-12,14,17-18H,1-2,5H2,(H2,13,16). The van der Waals surface area contributed by atoms with Crippen LogP contribution in [-0.2, 0) is 4.79 Å². The Balaban J connectivity index is 1.96. The molecule has 8 nitrogen and oxygen atoms in total. The first-order valence-corrected chi connectivity index (χ1v) is 7.35. The van der Waals surface area contributed by atoms with Crippen molar-refractivity contribution >= 4 is 27.2 Å². The lowest BCUT2D eigenvalue weighted by Crippen LogP contribution is -2.34. The molecule has 21 heavy (non-hydrogen) atoms. The Morgan fingerprint density at radius 2 is 2.19 bits per heavy atom. The van der Waals surface area contributed by atoms with Crippen molar-refractivity contribution in [2.45, 2.75) is 37.5 Å². The number of aliphatic hydroxyl groups excluding tert-OH is 2. The van der Waals surface area contributed by atoms with Crippen molar-refractivity contribution < 1.29 is 19.9 Å². The van der Waals surface area contributed by atoms with Gasteiger partial charge >= 0.3 is 5.00 Å². The van der Waals surface area contributed by atoms with E-state index in [-0.39, 0.29) is 17.3 Å². The van der Waals surface area contributed by atoms with Gasteiger partial charge in [-0.05, 0) is 36.2 Å². The number of nitrogens with two attached hydrogens (primary N) is 1. The van der Waals surface area contributed by atoms with E-state index in [4.69, 9.17) is 5.73 Å². The number of nitrogens with one attached hydrogen (secondary N) is 1. The highest BCUT2D eigenvalue weighted by molar-refractivity contribution is 7.19. The number of primary amides is 1. The normalized spacial score (nSPS) is 28.5. The smallest absolute Gasteiger partial charge is 0.326 e. The van der Waals surface area contributed by atoms with E-state index in [0.29, 0.717) is 17.8 Å². The fourth-order valence-electron chi connectivity index (χ4n) is 2.57. The van der Waals surface area contributed by atoms with E-state index in [1.165, 1.54) is 6.07 Å². The maximum atomic E-state index is 10.8. The molecule has 1 saturated carbocycles. The van der Waals surface area contributed by atoms with Gasteiger partial charge in [0.1, 0.15) is 6.10 Å². The molecule has 1 aromatic heterocycles. The number of nitrogens with zero attached hydrogens (tertiary/aromatic N) is 1. The van der Waals surface area contributed by atoms with Gasteiger partial charge in [-0.25, -0.2) is 0 Å². The summed E-state index contributed by atoms with van der Waals surface area (Å²) >= 11 is 0.974. The van der Waals surface area contributed by atoms with Crippen molar-refractivity contribution in [1.82, 2.24) is 0 Å². The second-order valence-corrected chi connectivity index (χ2v) is 6.19. The van der Waals surface area contributed by atoms with E-state index in [1.54, 1.807) is 6.07 Å². The first kappa shape index (κ1) is 15.7. The van der Waals surface area contributed by atoms with Crippen LogP contribution in [0.5, 0.6) is 0 Å². The lowest BCUT2D eigenvalue weighted by atomic mass is 9.99. The molecule has 0 aromatic carbocycles. The summed E-state index contributed by atoms with van der Waals surface area (Å²) in [7, 11) is 0. The topological polar surface area (TPSA) is 139 Å². The third kappa shape index (κ3) is 3.69. The zero-order chi connectivity index (χ0) is 15.6. The van der Waals surface area contributed by atoms with Crippen LogP contribution < -0.4 is 11.1 Å². The van der Waals surface area contributed by atoms with Crippen LogP contribution in [0.1, 0.15) is 19.3 Å². The Hall–Kier alpha value is -1.71. The molecule has 0 bridgehead atoms. The summed E-state index contributed by atoms with van der Waals surface area (Å²) in [4.78, 5) is 20.9. The van der Waals surface area contributed by atoms with Crippen molar-refractivity contribution in [3.05, 3.63) is 22.2 Å². The number of nitro groups is 1. The van der Waals surface area contributed by atoms with Gasteiger partial charge in [0.2, 0.25) is 5.91 Å². The quantitative estimate of drug-likeness (QED) is 0.444. The highest BCUT2D eigenvalue weighted by Crippen LogP contribution is 2.35. The number of hydrogen-bond acceptors (Lipinski definition) is 7. The molecule has 1 fully saturated rings. The van der Waals surface area contributed by atoms with E-state index in [2.05, 4.69) is 5.32 Å². The van der Waals surface area contributed by atoms with E-state index >= 15 is 0 Å². The summed E-state index contributed by atoms with van der Waals surface area (Å²) in [5, 5.41) is 34.2. The van der Waals surface area contributed by atoms with Crippen molar-refractivity contribution in [3.8, 4) is 0 Å². The molecule has 116 valence electrons. The van der Waals surface area contributed by atoms with Gasteiger partial charge in [-0.2, -0.15) is 0 Å². The van der Waals surface area contributed by atoms with Gasteiger partial charge in [0.05, 0.1) is 22.1 Å². The van der Waals surface area contributed by atoms with Crippen LogP contribution in [0, 0.1) is 16.0 Å². The number of carbonyl (C=O) groups is 1. The molecule has 1 heterocycles. The molecule has 9 heteroatoms. The van der Waals surface area contributed by atoms with E-state index < -0.39 is 29.1 Å². The summed E-state index contributed by atoms with van der Waals surface area (Å²) in [6.07, 6.45) is -0.871. The Kier molecular flexibility index (Phi) is 4.76. The van der Waals surface area contributed by atoms with Crippen LogP contribution in [0.3, 0.4) is 0 Å². The van der Waals surface area contributed by atoms with Crippen LogP contribution >= 0.6 is 11.3 Å². The number of hydrogen-bond donors (Lipinski definition) is 4. The molecule has 4 unspecified atom stereocenters. The summed E-state index contributed by atoms with van der Waals surface area (Å²) in [6.45, 7) is 0. The van der Waals surface area contributed by atoms with Gasteiger partial charge in [-0.15, -0.1) is 0 Å². The van der Waals surface area contributed by atoms with Gasteiger partial charge in [0, 0.05) is 12.5 Å². The Morgan fingerprint density at radius 1 is 1.48 bits per heavy atom. The van der Waals surface area contributed by atoms with Crippen molar-refractivity contribution in [2.75, 3.05) is 5.32 Å². The van der Waals surface area contributed by atoms with Gasteiger partial charge in [0.25, 0.3) is 0 Å². The largest absolute Gasteiger partial charge is 0.390 e. The molecule has 0 radical (unpaired) electrons. The molecule has 4 atom stereocenters. The maximum Gasteiger partial charge on any atom is 0.326 e. The molecule has 1 aliphatic rings. The second kappa shape index (κ2) is 6.37. The lowest BCUT2D eigenvalue weighted by molar-refractivity contribution is -0.380.